The lowest BCUT2D eigenvalue weighted by molar-refractivity contribution is 0.154. The monoisotopic (exact) mass is 481 g/mol. The fourth-order valence-corrected chi connectivity index (χ4v) is 4.41. The maximum absolute atomic E-state index is 13.7. The van der Waals surface area contributed by atoms with E-state index in [-0.39, 0.29) is 19.2 Å². The molecule has 0 saturated carbocycles. The normalized spacial score (nSPS) is 24.3. The number of aromatic nitrogens is 2. The highest BCUT2D eigenvalue weighted by Crippen LogP contribution is 2.28. The van der Waals surface area contributed by atoms with Gasteiger partial charge in [-0.2, -0.15) is 4.98 Å². The summed E-state index contributed by atoms with van der Waals surface area (Å²) in [6.07, 6.45) is 0.964. The zero-order chi connectivity index (χ0) is 21.1. The average Bonchev–Trinajstić information content (AvgIpc) is 3.08. The zero-order valence-electron chi connectivity index (χ0n) is 16.6. The molecule has 1 aromatic heterocycles. The van der Waals surface area contributed by atoms with Gasteiger partial charge in [0.1, 0.15) is 5.82 Å². The van der Waals surface area contributed by atoms with Crippen LogP contribution in [-0.2, 0) is 6.42 Å². The van der Waals surface area contributed by atoms with Gasteiger partial charge < -0.3 is 20.2 Å². The summed E-state index contributed by atoms with van der Waals surface area (Å²) in [6.45, 7) is 1.59. The number of hydrogen-bond donors (Lipinski definition) is 2. The molecular formula is C21H26BrF2N5O. The Bertz CT molecular complexity index is 846. The second-order valence-corrected chi connectivity index (χ2v) is 8.63. The van der Waals surface area contributed by atoms with E-state index in [0.717, 1.165) is 41.7 Å². The lowest BCUT2D eigenvalue weighted by atomic mass is 10.1. The third-order valence-corrected chi connectivity index (χ3v) is 5.97. The first-order chi connectivity index (χ1) is 14.5. The summed E-state index contributed by atoms with van der Waals surface area (Å²) in [4.78, 5) is 12.8. The van der Waals surface area contributed by atoms with Crippen LogP contribution in [0, 0.1) is 0 Å². The Kier molecular flexibility index (Phi) is 6.67. The van der Waals surface area contributed by atoms with E-state index in [1.165, 1.54) is 0 Å². The second-order valence-electron chi connectivity index (χ2n) is 7.83. The Labute approximate surface area is 183 Å². The minimum absolute atomic E-state index is 0.00326. The van der Waals surface area contributed by atoms with Crippen LogP contribution in [-0.4, -0.2) is 65.0 Å². The molecule has 1 aromatic carbocycles. The van der Waals surface area contributed by atoms with E-state index in [9.17, 15) is 13.9 Å². The van der Waals surface area contributed by atoms with Gasteiger partial charge >= 0.3 is 0 Å². The number of alkyl halides is 3. The van der Waals surface area contributed by atoms with Crippen LogP contribution in [0.25, 0.3) is 0 Å². The van der Waals surface area contributed by atoms with Crippen LogP contribution < -0.4 is 15.1 Å². The first-order valence-electron chi connectivity index (χ1n) is 10.3. The summed E-state index contributed by atoms with van der Waals surface area (Å²) < 4.78 is 27.5. The zero-order valence-corrected chi connectivity index (χ0v) is 18.2. The van der Waals surface area contributed by atoms with Gasteiger partial charge in [0.15, 0.2) is 12.3 Å². The van der Waals surface area contributed by atoms with E-state index in [0.29, 0.717) is 24.7 Å². The molecule has 6 nitrogen and oxygen atoms in total. The molecule has 162 valence electrons. The minimum Gasteiger partial charge on any atom is -0.391 e. The molecule has 1 unspecified atom stereocenters. The molecule has 2 fully saturated rings. The van der Waals surface area contributed by atoms with Crippen LogP contribution >= 0.6 is 15.9 Å². The van der Waals surface area contributed by atoms with Gasteiger partial charge in [0.2, 0.25) is 5.95 Å². The molecule has 2 N–H and O–H groups in total. The van der Waals surface area contributed by atoms with Crippen molar-refractivity contribution in [1.82, 2.24) is 9.97 Å². The molecule has 2 saturated heterocycles. The van der Waals surface area contributed by atoms with Crippen molar-refractivity contribution < 1.29 is 13.9 Å². The molecule has 0 radical (unpaired) electrons. The highest BCUT2D eigenvalue weighted by atomic mass is 79.9. The molecule has 2 aliphatic rings. The average molecular weight is 482 g/mol. The number of piperidine rings is 1. The van der Waals surface area contributed by atoms with Crippen LogP contribution in [0.4, 0.5) is 31.9 Å². The second kappa shape index (κ2) is 9.43. The van der Waals surface area contributed by atoms with Crippen LogP contribution in [0.5, 0.6) is 0 Å². The number of nitrogens with one attached hydrogen (secondary N) is 1. The van der Waals surface area contributed by atoms with E-state index in [1.807, 2.05) is 24.3 Å². The number of benzene rings is 1. The predicted octanol–water partition coefficient (Wildman–Crippen LogP) is 3.61. The first kappa shape index (κ1) is 21.2. The Morgan fingerprint density at radius 3 is 2.50 bits per heavy atom. The fourth-order valence-electron chi connectivity index (χ4n) is 3.98. The number of hydrogen-bond acceptors (Lipinski definition) is 6. The van der Waals surface area contributed by atoms with Gasteiger partial charge in [-0.1, -0.05) is 15.9 Å². The molecule has 0 bridgehead atoms. The molecule has 2 aliphatic heterocycles. The SMILES string of the molecule is OC1CCCN(c2ccc(Nc3ncc(CCBr)c(N4C[C@H](F)[C@@H](F)C4)n3)cc2)C1. The van der Waals surface area contributed by atoms with Crippen LogP contribution in [0.3, 0.4) is 0 Å². The van der Waals surface area contributed by atoms with Crippen molar-refractivity contribution in [3.05, 3.63) is 36.0 Å². The lowest BCUT2D eigenvalue weighted by Crippen LogP contribution is -2.38. The Balaban J connectivity index is 1.49. The maximum Gasteiger partial charge on any atom is 0.229 e. The molecule has 2 aromatic rings. The quantitative estimate of drug-likeness (QED) is 0.614. The van der Waals surface area contributed by atoms with E-state index < -0.39 is 12.3 Å². The van der Waals surface area contributed by atoms with Gasteiger partial charge in [-0.15, -0.1) is 0 Å². The van der Waals surface area contributed by atoms with Crippen molar-refractivity contribution in [1.29, 1.82) is 0 Å². The minimum atomic E-state index is -1.49. The Hall–Kier alpha value is -2.00. The lowest BCUT2D eigenvalue weighted by Gasteiger charge is -2.32. The smallest absolute Gasteiger partial charge is 0.229 e. The molecule has 0 amide bonds. The molecule has 4 rings (SSSR count). The molecule has 0 aliphatic carbocycles. The van der Waals surface area contributed by atoms with Gasteiger partial charge in [-0.05, 0) is 43.5 Å². The van der Waals surface area contributed by atoms with Gasteiger partial charge in [-0.25, -0.2) is 13.8 Å². The summed E-state index contributed by atoms with van der Waals surface area (Å²) in [7, 11) is 0. The number of aliphatic hydroxyl groups is 1. The van der Waals surface area contributed by atoms with Crippen molar-refractivity contribution in [2.24, 2.45) is 0 Å². The molecule has 3 atom stereocenters. The van der Waals surface area contributed by atoms with Gasteiger partial charge in [0, 0.05) is 41.6 Å². The van der Waals surface area contributed by atoms with E-state index >= 15 is 0 Å². The topological polar surface area (TPSA) is 64.5 Å². The van der Waals surface area contributed by atoms with Gasteiger partial charge in [0.25, 0.3) is 0 Å². The summed E-state index contributed by atoms with van der Waals surface area (Å²) in [5.74, 6) is 0.968. The van der Waals surface area contributed by atoms with E-state index in [4.69, 9.17) is 0 Å². The van der Waals surface area contributed by atoms with Gasteiger partial charge in [-0.3, -0.25) is 0 Å². The third kappa shape index (κ3) is 4.83. The predicted molar refractivity (Wildman–Crippen MR) is 119 cm³/mol. The fraction of sp³-hybridized carbons (Fsp3) is 0.524. The number of aryl methyl sites for hydroxylation is 1. The van der Waals surface area contributed by atoms with E-state index in [1.54, 1.807) is 11.1 Å². The molecule has 0 spiro atoms. The van der Waals surface area contributed by atoms with Crippen molar-refractivity contribution in [3.63, 3.8) is 0 Å². The highest BCUT2D eigenvalue weighted by Gasteiger charge is 2.34. The van der Waals surface area contributed by atoms with Crippen molar-refractivity contribution in [2.75, 3.05) is 46.6 Å². The van der Waals surface area contributed by atoms with Crippen molar-refractivity contribution in [2.45, 2.75) is 37.7 Å². The van der Waals surface area contributed by atoms with Gasteiger partial charge in [0.05, 0.1) is 19.2 Å². The number of β-amino-alcohol motifs (C(OH)–C–C–N with tert-alkyl or cyclic N) is 1. The standard InChI is InChI=1S/C21H26BrF2N5O/c22-8-7-14-10-25-21(27-20(14)29-12-18(23)19(24)13-29)26-15-3-5-16(6-4-15)28-9-1-2-17(30)11-28/h3-6,10,17-19,30H,1-2,7-9,11-13H2,(H,25,26,27)/t17?,18-,19-/m0/s1. The van der Waals surface area contributed by atoms with Crippen LogP contribution in [0.2, 0.25) is 0 Å². The van der Waals surface area contributed by atoms with Crippen molar-refractivity contribution >= 4 is 39.1 Å². The number of nitrogens with zero attached hydrogens (tertiary/aromatic N) is 4. The van der Waals surface area contributed by atoms with Crippen LogP contribution in [0.1, 0.15) is 18.4 Å². The number of rotatable bonds is 6. The maximum atomic E-state index is 13.7. The highest BCUT2D eigenvalue weighted by molar-refractivity contribution is 9.09. The van der Waals surface area contributed by atoms with Crippen LogP contribution in [0.15, 0.2) is 30.5 Å². The Morgan fingerprint density at radius 1 is 1.10 bits per heavy atom. The summed E-state index contributed by atoms with van der Waals surface area (Å²) >= 11 is 3.41. The summed E-state index contributed by atoms with van der Waals surface area (Å²) in [5.41, 5.74) is 2.75. The Morgan fingerprint density at radius 2 is 1.83 bits per heavy atom. The number of aliphatic hydroxyl groups excluding tert-OH is 1. The first-order valence-corrected chi connectivity index (χ1v) is 11.4. The van der Waals surface area contributed by atoms with Crippen molar-refractivity contribution in [3.8, 4) is 0 Å². The van der Waals surface area contributed by atoms with E-state index in [2.05, 4.69) is 36.1 Å². The molecular weight excluding hydrogens is 456 g/mol. The number of halogens is 3. The molecule has 9 heteroatoms. The summed E-state index contributed by atoms with van der Waals surface area (Å²) in [5, 5.41) is 13.8. The molecule has 3 heterocycles. The largest absolute Gasteiger partial charge is 0.391 e. The summed E-state index contributed by atoms with van der Waals surface area (Å²) in [6, 6.07) is 7.89. The third-order valence-electron chi connectivity index (χ3n) is 5.57. The number of anilines is 4. The molecule has 30 heavy (non-hydrogen) atoms.